The Hall–Kier alpha value is -1.92. The molecule has 6 heteroatoms. The molecule has 0 bridgehead atoms. The van der Waals surface area contributed by atoms with E-state index in [0.29, 0.717) is 24.0 Å². The van der Waals surface area contributed by atoms with Crippen LogP contribution in [-0.2, 0) is 17.9 Å². The number of nitrogens with zero attached hydrogens (tertiary/aromatic N) is 3. The van der Waals surface area contributed by atoms with Crippen molar-refractivity contribution in [2.45, 2.75) is 26.0 Å². The van der Waals surface area contributed by atoms with Gasteiger partial charge < -0.3 is 9.84 Å². The summed E-state index contributed by atoms with van der Waals surface area (Å²) in [5.74, 6) is 0.811. The maximum atomic E-state index is 12.5. The number of aromatic nitrogens is 3. The summed E-state index contributed by atoms with van der Waals surface area (Å²) in [6.45, 7) is 1.82. The molecule has 1 aromatic heterocycles. The molecule has 1 aromatic carbocycles. The number of para-hydroxylation sites is 1. The first-order chi connectivity index (χ1) is 10.3. The Morgan fingerprint density at radius 3 is 2.62 bits per heavy atom. The number of hydrogen-bond donors (Lipinski definition) is 1. The first kappa shape index (κ1) is 14.0. The fraction of sp³-hybridized carbons (Fsp3) is 0.467. The van der Waals surface area contributed by atoms with Crippen LogP contribution in [0.3, 0.4) is 0 Å². The van der Waals surface area contributed by atoms with Gasteiger partial charge in [-0.3, -0.25) is 4.57 Å². The van der Waals surface area contributed by atoms with E-state index < -0.39 is 0 Å². The van der Waals surface area contributed by atoms with Crippen molar-refractivity contribution in [1.82, 2.24) is 14.3 Å². The zero-order chi connectivity index (χ0) is 14.7. The Bertz CT molecular complexity index is 642. The summed E-state index contributed by atoms with van der Waals surface area (Å²) in [5, 5.41) is 13.7. The number of ether oxygens (including phenoxy) is 1. The van der Waals surface area contributed by atoms with Gasteiger partial charge in [-0.1, -0.05) is 18.2 Å². The van der Waals surface area contributed by atoms with E-state index in [4.69, 9.17) is 4.74 Å². The molecule has 2 heterocycles. The van der Waals surface area contributed by atoms with Crippen molar-refractivity contribution in [2.24, 2.45) is 5.92 Å². The van der Waals surface area contributed by atoms with Gasteiger partial charge in [0.1, 0.15) is 6.61 Å². The summed E-state index contributed by atoms with van der Waals surface area (Å²) in [6, 6.07) is 9.26. The number of aliphatic hydroxyl groups excluding tert-OH is 1. The third-order valence-corrected chi connectivity index (χ3v) is 3.86. The van der Waals surface area contributed by atoms with Crippen molar-refractivity contribution in [1.29, 1.82) is 0 Å². The molecule has 0 radical (unpaired) electrons. The van der Waals surface area contributed by atoms with Gasteiger partial charge in [0, 0.05) is 19.8 Å². The predicted molar refractivity (Wildman–Crippen MR) is 77.3 cm³/mol. The highest BCUT2D eigenvalue weighted by Crippen LogP contribution is 2.17. The molecule has 1 saturated heterocycles. The van der Waals surface area contributed by atoms with Crippen molar-refractivity contribution < 1.29 is 9.84 Å². The molecule has 3 rings (SSSR count). The van der Waals surface area contributed by atoms with Crippen LogP contribution in [0.4, 0.5) is 0 Å². The van der Waals surface area contributed by atoms with Gasteiger partial charge in [-0.25, -0.2) is 4.79 Å². The molecule has 0 atom stereocenters. The van der Waals surface area contributed by atoms with Crippen LogP contribution in [0.2, 0.25) is 0 Å². The van der Waals surface area contributed by atoms with Crippen LogP contribution in [0, 0.1) is 5.92 Å². The number of hydrogen-bond acceptors (Lipinski definition) is 4. The largest absolute Gasteiger partial charge is 0.388 e. The molecule has 1 N–H and O–H groups in total. The van der Waals surface area contributed by atoms with Crippen LogP contribution in [0.1, 0.15) is 18.7 Å². The van der Waals surface area contributed by atoms with Crippen LogP contribution in [0.5, 0.6) is 0 Å². The Labute approximate surface area is 122 Å². The first-order valence-electron chi connectivity index (χ1n) is 7.22. The molecular weight excluding hydrogens is 270 g/mol. The van der Waals surface area contributed by atoms with Crippen molar-refractivity contribution in [3.63, 3.8) is 0 Å². The minimum atomic E-state index is -0.238. The monoisotopic (exact) mass is 289 g/mol. The maximum Gasteiger partial charge on any atom is 0.350 e. The van der Waals surface area contributed by atoms with E-state index in [0.717, 1.165) is 26.1 Å². The summed E-state index contributed by atoms with van der Waals surface area (Å²) in [4.78, 5) is 12.5. The van der Waals surface area contributed by atoms with E-state index in [9.17, 15) is 9.90 Å². The van der Waals surface area contributed by atoms with Crippen molar-refractivity contribution in [2.75, 3.05) is 13.2 Å². The number of rotatable bonds is 4. The molecule has 1 fully saturated rings. The normalized spacial score (nSPS) is 16.2. The highest BCUT2D eigenvalue weighted by molar-refractivity contribution is 5.29. The average Bonchev–Trinajstić information content (AvgIpc) is 2.86. The second-order valence-electron chi connectivity index (χ2n) is 5.27. The van der Waals surface area contributed by atoms with Gasteiger partial charge in [-0.2, -0.15) is 4.68 Å². The predicted octanol–water partition coefficient (Wildman–Crippen LogP) is 0.953. The van der Waals surface area contributed by atoms with Crippen LogP contribution in [-0.4, -0.2) is 32.7 Å². The zero-order valence-corrected chi connectivity index (χ0v) is 11.8. The topological polar surface area (TPSA) is 69.3 Å². The molecule has 2 aromatic rings. The van der Waals surface area contributed by atoms with E-state index in [-0.39, 0.29) is 12.3 Å². The van der Waals surface area contributed by atoms with Crippen LogP contribution >= 0.6 is 0 Å². The molecule has 0 saturated carbocycles. The third-order valence-electron chi connectivity index (χ3n) is 3.86. The molecule has 0 aliphatic carbocycles. The Balaban J connectivity index is 1.93. The molecule has 21 heavy (non-hydrogen) atoms. The van der Waals surface area contributed by atoms with E-state index >= 15 is 0 Å². The number of benzene rings is 1. The van der Waals surface area contributed by atoms with E-state index in [1.54, 1.807) is 4.57 Å². The molecule has 0 spiro atoms. The minimum absolute atomic E-state index is 0.197. The van der Waals surface area contributed by atoms with Gasteiger partial charge >= 0.3 is 5.69 Å². The smallest absolute Gasteiger partial charge is 0.350 e. The van der Waals surface area contributed by atoms with Crippen LogP contribution in [0.15, 0.2) is 35.1 Å². The molecule has 112 valence electrons. The second-order valence-corrected chi connectivity index (χ2v) is 5.27. The highest BCUT2D eigenvalue weighted by Gasteiger charge is 2.20. The summed E-state index contributed by atoms with van der Waals surface area (Å²) >= 11 is 0. The molecular formula is C15H19N3O3. The minimum Gasteiger partial charge on any atom is -0.388 e. The summed E-state index contributed by atoms with van der Waals surface area (Å²) in [6.07, 6.45) is 1.88. The number of aliphatic hydroxyl groups is 1. The van der Waals surface area contributed by atoms with Gasteiger partial charge in [0.2, 0.25) is 0 Å². The van der Waals surface area contributed by atoms with Gasteiger partial charge in [-0.15, -0.1) is 5.10 Å². The lowest BCUT2D eigenvalue weighted by Gasteiger charge is -2.22. The van der Waals surface area contributed by atoms with Gasteiger partial charge in [0.25, 0.3) is 0 Å². The SMILES string of the molecule is O=c1n(-c2ccccc2)nc(CO)n1CC1CCOCC1. The van der Waals surface area contributed by atoms with Crippen molar-refractivity contribution in [3.8, 4) is 5.69 Å². The van der Waals surface area contributed by atoms with Gasteiger partial charge in [0.05, 0.1) is 5.69 Å². The molecule has 1 aliphatic rings. The Morgan fingerprint density at radius 1 is 1.24 bits per heavy atom. The van der Waals surface area contributed by atoms with Crippen LogP contribution in [0.25, 0.3) is 5.69 Å². The molecule has 6 nitrogen and oxygen atoms in total. The lowest BCUT2D eigenvalue weighted by atomic mass is 10.0. The fourth-order valence-corrected chi connectivity index (χ4v) is 2.66. The Morgan fingerprint density at radius 2 is 1.95 bits per heavy atom. The zero-order valence-electron chi connectivity index (χ0n) is 11.8. The van der Waals surface area contributed by atoms with Gasteiger partial charge in [0.15, 0.2) is 5.82 Å². The van der Waals surface area contributed by atoms with Crippen LogP contribution < -0.4 is 5.69 Å². The standard InChI is InChI=1S/C15H19N3O3/c19-11-14-16-18(13-4-2-1-3-5-13)15(20)17(14)10-12-6-8-21-9-7-12/h1-5,12,19H,6-11H2. The average molecular weight is 289 g/mol. The second kappa shape index (κ2) is 6.24. The maximum absolute atomic E-state index is 12.5. The molecule has 0 unspecified atom stereocenters. The summed E-state index contributed by atoms with van der Waals surface area (Å²) in [7, 11) is 0. The highest BCUT2D eigenvalue weighted by atomic mass is 16.5. The fourth-order valence-electron chi connectivity index (χ4n) is 2.66. The summed E-state index contributed by atoms with van der Waals surface area (Å²) in [5.41, 5.74) is 0.514. The Kier molecular flexibility index (Phi) is 4.17. The lowest BCUT2D eigenvalue weighted by Crippen LogP contribution is -2.29. The van der Waals surface area contributed by atoms with E-state index in [1.165, 1.54) is 4.68 Å². The lowest BCUT2D eigenvalue weighted by molar-refractivity contribution is 0.0603. The van der Waals surface area contributed by atoms with Crippen molar-refractivity contribution in [3.05, 3.63) is 46.6 Å². The summed E-state index contributed by atoms with van der Waals surface area (Å²) < 4.78 is 8.28. The third kappa shape index (κ3) is 2.91. The van der Waals surface area contributed by atoms with Gasteiger partial charge in [-0.05, 0) is 30.9 Å². The van der Waals surface area contributed by atoms with Crippen molar-refractivity contribution >= 4 is 0 Å². The molecule has 1 aliphatic heterocycles. The van der Waals surface area contributed by atoms with E-state index in [2.05, 4.69) is 5.10 Å². The first-order valence-corrected chi connectivity index (χ1v) is 7.22. The quantitative estimate of drug-likeness (QED) is 0.910. The molecule has 0 amide bonds. The van der Waals surface area contributed by atoms with E-state index in [1.807, 2.05) is 30.3 Å².